The molecule has 1 aliphatic heterocycles. The highest BCUT2D eigenvalue weighted by Crippen LogP contribution is 2.41. The Bertz CT molecular complexity index is 332. The third-order valence-electron chi connectivity index (χ3n) is 5.29. The fourth-order valence-electron chi connectivity index (χ4n) is 4.04. The molecule has 1 aliphatic carbocycles. The molecule has 2 nitrogen and oxygen atoms in total. The first-order valence-corrected chi connectivity index (χ1v) is 8.08. The molecule has 1 N–H and O–H groups in total. The molecule has 2 rings (SSSR count). The Morgan fingerprint density at radius 1 is 1.26 bits per heavy atom. The lowest BCUT2D eigenvalue weighted by atomic mass is 9.71. The molecule has 0 amide bonds. The first-order valence-electron chi connectivity index (χ1n) is 8.08. The van der Waals surface area contributed by atoms with E-state index in [9.17, 15) is 5.11 Å². The predicted molar refractivity (Wildman–Crippen MR) is 81.2 cm³/mol. The summed E-state index contributed by atoms with van der Waals surface area (Å²) >= 11 is 0. The van der Waals surface area contributed by atoms with Gasteiger partial charge in [0, 0.05) is 12.6 Å². The molecule has 0 aromatic rings. The molecule has 19 heavy (non-hydrogen) atoms. The van der Waals surface area contributed by atoms with Gasteiger partial charge >= 0.3 is 0 Å². The van der Waals surface area contributed by atoms with Crippen molar-refractivity contribution in [2.24, 2.45) is 5.41 Å². The third kappa shape index (κ3) is 3.61. The van der Waals surface area contributed by atoms with Crippen LogP contribution in [0, 0.1) is 5.41 Å². The summed E-state index contributed by atoms with van der Waals surface area (Å²) in [6, 6.07) is 0.418. The second kappa shape index (κ2) is 6.41. The highest BCUT2D eigenvalue weighted by molar-refractivity contribution is 5.22. The average molecular weight is 265 g/mol. The van der Waals surface area contributed by atoms with Gasteiger partial charge in [-0.05, 0) is 57.4 Å². The average Bonchev–Trinajstić information content (AvgIpc) is 2.38. The number of likely N-dealkylation sites (tertiary alicyclic amines) is 1. The summed E-state index contributed by atoms with van der Waals surface area (Å²) in [5, 5.41) is 9.50. The largest absolute Gasteiger partial charge is 0.395 e. The van der Waals surface area contributed by atoms with Crippen molar-refractivity contribution in [2.75, 3.05) is 19.7 Å². The van der Waals surface area contributed by atoms with Crippen LogP contribution in [0.5, 0.6) is 0 Å². The number of hydrogen-bond acceptors (Lipinski definition) is 2. The zero-order valence-electron chi connectivity index (χ0n) is 13.0. The van der Waals surface area contributed by atoms with Gasteiger partial charge in [0.15, 0.2) is 0 Å². The number of hydrogen-bond donors (Lipinski definition) is 1. The summed E-state index contributed by atoms with van der Waals surface area (Å²) in [6.07, 6.45) is 8.96. The van der Waals surface area contributed by atoms with E-state index in [1.54, 1.807) is 11.1 Å². The van der Waals surface area contributed by atoms with Crippen molar-refractivity contribution in [3.8, 4) is 0 Å². The maximum Gasteiger partial charge on any atom is 0.0586 e. The van der Waals surface area contributed by atoms with E-state index in [4.69, 9.17) is 0 Å². The fraction of sp³-hybridized carbons (Fsp3) is 0.882. The van der Waals surface area contributed by atoms with Crippen LogP contribution in [-0.4, -0.2) is 35.7 Å². The van der Waals surface area contributed by atoms with E-state index < -0.39 is 0 Å². The molecule has 0 aromatic heterocycles. The van der Waals surface area contributed by atoms with E-state index in [0.29, 0.717) is 18.1 Å². The minimum absolute atomic E-state index is 0.335. The summed E-state index contributed by atoms with van der Waals surface area (Å²) < 4.78 is 0. The molecule has 1 fully saturated rings. The molecule has 110 valence electrons. The molecule has 0 unspecified atom stereocenters. The molecule has 0 bridgehead atoms. The molecule has 1 heterocycles. The second-order valence-electron chi connectivity index (χ2n) is 7.11. The zero-order valence-corrected chi connectivity index (χ0v) is 13.0. The van der Waals surface area contributed by atoms with Gasteiger partial charge in [-0.25, -0.2) is 0 Å². The molecule has 0 radical (unpaired) electrons. The number of piperidine rings is 1. The summed E-state index contributed by atoms with van der Waals surface area (Å²) in [4.78, 5) is 2.52. The van der Waals surface area contributed by atoms with Crippen molar-refractivity contribution in [3.05, 3.63) is 11.1 Å². The summed E-state index contributed by atoms with van der Waals surface area (Å²) in [5.74, 6) is 0. The van der Waals surface area contributed by atoms with Crippen LogP contribution in [0.1, 0.15) is 65.7 Å². The molecular weight excluding hydrogens is 234 g/mol. The molecule has 2 aliphatic rings. The van der Waals surface area contributed by atoms with Crippen LogP contribution < -0.4 is 0 Å². The van der Waals surface area contributed by atoms with Crippen LogP contribution in [0.25, 0.3) is 0 Å². The van der Waals surface area contributed by atoms with Gasteiger partial charge in [-0.15, -0.1) is 0 Å². The van der Waals surface area contributed by atoms with Gasteiger partial charge in [0.2, 0.25) is 0 Å². The fourth-order valence-corrected chi connectivity index (χ4v) is 4.04. The lowest BCUT2D eigenvalue weighted by Gasteiger charge is -2.38. The monoisotopic (exact) mass is 265 g/mol. The van der Waals surface area contributed by atoms with Gasteiger partial charge in [0.25, 0.3) is 0 Å². The van der Waals surface area contributed by atoms with Crippen LogP contribution in [0.3, 0.4) is 0 Å². The molecule has 0 saturated carbocycles. The summed E-state index contributed by atoms with van der Waals surface area (Å²) in [5.41, 5.74) is 3.72. The van der Waals surface area contributed by atoms with E-state index in [1.807, 2.05) is 0 Å². The normalized spacial score (nSPS) is 28.7. The van der Waals surface area contributed by atoms with Gasteiger partial charge in [-0.1, -0.05) is 31.4 Å². The van der Waals surface area contributed by atoms with Crippen molar-refractivity contribution < 1.29 is 5.11 Å². The number of aliphatic hydroxyl groups excluding tert-OH is 1. The number of allylic oxidation sites excluding steroid dienone is 1. The Labute approximate surface area is 118 Å². The SMILES string of the molecule is CC1=C(CCN2CCCC[C@H]2CO)C(C)(C)CCC1. The van der Waals surface area contributed by atoms with Crippen LogP contribution in [0.2, 0.25) is 0 Å². The van der Waals surface area contributed by atoms with Crippen LogP contribution in [0.15, 0.2) is 11.1 Å². The van der Waals surface area contributed by atoms with Crippen molar-refractivity contribution in [1.82, 2.24) is 4.90 Å². The summed E-state index contributed by atoms with van der Waals surface area (Å²) in [6.45, 7) is 9.80. The minimum Gasteiger partial charge on any atom is -0.395 e. The Kier molecular flexibility index (Phi) is 5.08. The minimum atomic E-state index is 0.335. The number of rotatable bonds is 4. The Morgan fingerprint density at radius 2 is 2.05 bits per heavy atom. The second-order valence-corrected chi connectivity index (χ2v) is 7.11. The van der Waals surface area contributed by atoms with Gasteiger partial charge in [-0.2, -0.15) is 0 Å². The Morgan fingerprint density at radius 3 is 2.74 bits per heavy atom. The van der Waals surface area contributed by atoms with Crippen LogP contribution in [0.4, 0.5) is 0 Å². The van der Waals surface area contributed by atoms with E-state index in [0.717, 1.165) is 6.54 Å². The topological polar surface area (TPSA) is 23.5 Å². The molecule has 0 aromatic carbocycles. The van der Waals surface area contributed by atoms with Gasteiger partial charge in [-0.3, -0.25) is 4.90 Å². The van der Waals surface area contributed by atoms with Crippen molar-refractivity contribution >= 4 is 0 Å². The molecule has 2 heteroatoms. The van der Waals surface area contributed by atoms with Gasteiger partial charge in [0.1, 0.15) is 0 Å². The lowest BCUT2D eigenvalue weighted by molar-refractivity contribution is 0.0897. The third-order valence-corrected chi connectivity index (χ3v) is 5.29. The quantitative estimate of drug-likeness (QED) is 0.783. The smallest absolute Gasteiger partial charge is 0.0586 e. The van der Waals surface area contributed by atoms with Crippen LogP contribution >= 0.6 is 0 Å². The van der Waals surface area contributed by atoms with Crippen molar-refractivity contribution in [2.45, 2.75) is 71.8 Å². The van der Waals surface area contributed by atoms with Crippen molar-refractivity contribution in [1.29, 1.82) is 0 Å². The van der Waals surface area contributed by atoms with E-state index in [2.05, 4.69) is 25.7 Å². The Balaban J connectivity index is 1.97. The predicted octanol–water partition coefficient (Wildman–Crippen LogP) is 3.75. The Hall–Kier alpha value is -0.340. The summed E-state index contributed by atoms with van der Waals surface area (Å²) in [7, 11) is 0. The standard InChI is InChI=1S/C17H31NO/c1-14-7-6-10-17(2,3)16(14)9-12-18-11-5-4-8-15(18)13-19/h15,19H,4-13H2,1-3H3/t15-/m0/s1. The highest BCUT2D eigenvalue weighted by atomic mass is 16.3. The van der Waals surface area contributed by atoms with Crippen molar-refractivity contribution in [3.63, 3.8) is 0 Å². The lowest BCUT2D eigenvalue weighted by Crippen LogP contribution is -2.42. The first kappa shape index (κ1) is 15.1. The molecule has 0 spiro atoms. The maximum atomic E-state index is 9.50. The van der Waals surface area contributed by atoms with Gasteiger partial charge < -0.3 is 5.11 Å². The van der Waals surface area contributed by atoms with Crippen LogP contribution in [-0.2, 0) is 0 Å². The zero-order chi connectivity index (χ0) is 13.9. The first-order chi connectivity index (χ1) is 9.04. The number of nitrogens with zero attached hydrogens (tertiary/aromatic N) is 1. The van der Waals surface area contributed by atoms with Gasteiger partial charge in [0.05, 0.1) is 6.61 Å². The van der Waals surface area contributed by atoms with E-state index in [1.165, 1.54) is 51.5 Å². The highest BCUT2D eigenvalue weighted by Gasteiger charge is 2.29. The molecule has 1 atom stereocenters. The van der Waals surface area contributed by atoms with E-state index >= 15 is 0 Å². The maximum absolute atomic E-state index is 9.50. The van der Waals surface area contributed by atoms with E-state index in [-0.39, 0.29) is 0 Å². The number of aliphatic hydroxyl groups is 1. The molecule has 1 saturated heterocycles. The molecular formula is C17H31NO.